The zero-order chi connectivity index (χ0) is 19.4. The Bertz CT molecular complexity index is 898. The van der Waals surface area contributed by atoms with Gasteiger partial charge in [0, 0.05) is 24.5 Å². The summed E-state index contributed by atoms with van der Waals surface area (Å²) in [6.07, 6.45) is 0.781. The minimum Gasteiger partial charge on any atom is -0.383 e. The van der Waals surface area contributed by atoms with E-state index >= 15 is 0 Å². The summed E-state index contributed by atoms with van der Waals surface area (Å²) >= 11 is 2.86. The highest BCUT2D eigenvalue weighted by atomic mass is 32.2. The molecular weight excluding hydrogens is 382 g/mol. The third-order valence-corrected chi connectivity index (χ3v) is 6.31. The highest BCUT2D eigenvalue weighted by molar-refractivity contribution is 8.00. The van der Waals surface area contributed by atoms with E-state index in [1.165, 1.54) is 11.8 Å². The molecule has 1 atom stereocenters. The SMILES string of the molecule is COCCn1c(SCC(=O)Nc2cccc(C)c2)nc2c(c1=O)S[C@H](C)C2. The second-order valence-corrected chi connectivity index (χ2v) is 8.85. The molecule has 1 aliphatic heterocycles. The van der Waals surface area contributed by atoms with Crippen LogP contribution in [0.4, 0.5) is 5.69 Å². The largest absolute Gasteiger partial charge is 0.383 e. The Morgan fingerprint density at radius 3 is 3.04 bits per heavy atom. The number of amides is 1. The fourth-order valence-electron chi connectivity index (χ4n) is 2.87. The molecule has 0 radical (unpaired) electrons. The summed E-state index contributed by atoms with van der Waals surface area (Å²) < 4.78 is 6.75. The van der Waals surface area contributed by atoms with E-state index in [0.717, 1.165) is 28.3 Å². The molecule has 2 heterocycles. The van der Waals surface area contributed by atoms with Crippen LogP contribution in [0.15, 0.2) is 39.1 Å². The van der Waals surface area contributed by atoms with Gasteiger partial charge in [-0.05, 0) is 24.6 Å². The molecule has 27 heavy (non-hydrogen) atoms. The molecule has 2 aromatic rings. The molecule has 0 aliphatic carbocycles. The number of benzene rings is 1. The lowest BCUT2D eigenvalue weighted by molar-refractivity contribution is -0.113. The van der Waals surface area contributed by atoms with Crippen molar-refractivity contribution < 1.29 is 9.53 Å². The lowest BCUT2D eigenvalue weighted by atomic mass is 10.2. The first-order valence-corrected chi connectivity index (χ1v) is 10.6. The number of aryl methyl sites for hydroxylation is 1. The topological polar surface area (TPSA) is 73.2 Å². The Kier molecular flexibility index (Phi) is 6.62. The molecule has 0 spiro atoms. The monoisotopic (exact) mass is 405 g/mol. The maximum Gasteiger partial charge on any atom is 0.268 e. The van der Waals surface area contributed by atoms with Crippen LogP contribution in [0.1, 0.15) is 18.2 Å². The summed E-state index contributed by atoms with van der Waals surface area (Å²) in [6, 6.07) is 7.66. The van der Waals surface area contributed by atoms with Crippen molar-refractivity contribution >= 4 is 35.1 Å². The normalized spacial score (nSPS) is 15.6. The average molecular weight is 406 g/mol. The van der Waals surface area contributed by atoms with E-state index in [2.05, 4.69) is 17.2 Å². The van der Waals surface area contributed by atoms with Crippen molar-refractivity contribution in [3.63, 3.8) is 0 Å². The second kappa shape index (κ2) is 8.95. The van der Waals surface area contributed by atoms with Gasteiger partial charge in [0.15, 0.2) is 5.16 Å². The molecule has 1 aromatic heterocycles. The van der Waals surface area contributed by atoms with Crippen LogP contribution in [0.25, 0.3) is 0 Å². The van der Waals surface area contributed by atoms with Crippen LogP contribution in [0.2, 0.25) is 0 Å². The molecule has 144 valence electrons. The Balaban J connectivity index is 1.75. The summed E-state index contributed by atoms with van der Waals surface area (Å²) in [5.41, 5.74) is 2.66. The minimum absolute atomic E-state index is 0.0343. The van der Waals surface area contributed by atoms with Crippen molar-refractivity contribution in [2.45, 2.75) is 42.1 Å². The number of nitrogens with one attached hydrogen (secondary N) is 1. The van der Waals surface area contributed by atoms with Crippen LogP contribution < -0.4 is 10.9 Å². The number of nitrogens with zero attached hydrogens (tertiary/aromatic N) is 2. The number of ether oxygens (including phenoxy) is 1. The highest BCUT2D eigenvalue weighted by Gasteiger charge is 2.26. The summed E-state index contributed by atoms with van der Waals surface area (Å²) in [4.78, 5) is 30.6. The van der Waals surface area contributed by atoms with Gasteiger partial charge >= 0.3 is 0 Å². The molecule has 0 saturated heterocycles. The van der Waals surface area contributed by atoms with Crippen molar-refractivity contribution in [1.82, 2.24) is 9.55 Å². The smallest absolute Gasteiger partial charge is 0.268 e. The lowest BCUT2D eigenvalue weighted by Gasteiger charge is -2.13. The maximum atomic E-state index is 12.8. The number of hydrogen-bond donors (Lipinski definition) is 1. The molecule has 1 aliphatic rings. The van der Waals surface area contributed by atoms with Gasteiger partial charge in [-0.2, -0.15) is 0 Å². The third kappa shape index (κ3) is 4.94. The Morgan fingerprint density at radius 1 is 1.48 bits per heavy atom. The second-order valence-electron chi connectivity index (χ2n) is 6.46. The fraction of sp³-hybridized carbons (Fsp3) is 0.421. The van der Waals surface area contributed by atoms with E-state index in [4.69, 9.17) is 4.74 Å². The van der Waals surface area contributed by atoms with E-state index in [1.54, 1.807) is 23.4 Å². The maximum absolute atomic E-state index is 12.8. The van der Waals surface area contributed by atoms with Crippen molar-refractivity contribution in [2.24, 2.45) is 0 Å². The zero-order valence-electron chi connectivity index (χ0n) is 15.7. The van der Waals surface area contributed by atoms with Crippen LogP contribution in [0, 0.1) is 6.92 Å². The lowest BCUT2D eigenvalue weighted by Crippen LogP contribution is -2.27. The first-order chi connectivity index (χ1) is 13.0. The van der Waals surface area contributed by atoms with Gasteiger partial charge in [-0.25, -0.2) is 4.98 Å². The van der Waals surface area contributed by atoms with Crippen LogP contribution in [0.3, 0.4) is 0 Å². The third-order valence-electron chi connectivity index (χ3n) is 4.12. The molecule has 3 rings (SSSR count). The van der Waals surface area contributed by atoms with E-state index in [9.17, 15) is 9.59 Å². The van der Waals surface area contributed by atoms with Crippen molar-refractivity contribution in [2.75, 3.05) is 24.8 Å². The van der Waals surface area contributed by atoms with Gasteiger partial charge in [0.1, 0.15) is 0 Å². The zero-order valence-corrected chi connectivity index (χ0v) is 17.3. The average Bonchev–Trinajstić information content (AvgIpc) is 3.00. The summed E-state index contributed by atoms with van der Waals surface area (Å²) in [5, 5.41) is 3.81. The van der Waals surface area contributed by atoms with Crippen LogP contribution in [-0.4, -0.2) is 40.2 Å². The van der Waals surface area contributed by atoms with E-state index < -0.39 is 0 Å². The summed E-state index contributed by atoms with van der Waals surface area (Å²) in [7, 11) is 1.60. The number of fused-ring (bicyclic) bond motifs is 1. The highest BCUT2D eigenvalue weighted by Crippen LogP contribution is 2.34. The number of anilines is 1. The molecule has 6 nitrogen and oxygen atoms in total. The first kappa shape index (κ1) is 20.0. The van der Waals surface area contributed by atoms with Crippen LogP contribution in [0.5, 0.6) is 0 Å². The predicted molar refractivity (Wildman–Crippen MR) is 110 cm³/mol. The molecule has 0 fully saturated rings. The molecule has 1 aromatic carbocycles. The molecule has 0 bridgehead atoms. The number of carbonyl (C=O) groups is 1. The molecule has 0 unspecified atom stereocenters. The van der Waals surface area contributed by atoms with Crippen molar-refractivity contribution in [1.29, 1.82) is 0 Å². The summed E-state index contributed by atoms with van der Waals surface area (Å²) in [5.74, 6) is 0.0656. The van der Waals surface area contributed by atoms with Crippen LogP contribution >= 0.6 is 23.5 Å². The quantitative estimate of drug-likeness (QED) is 0.564. The Labute approximate surface area is 167 Å². The molecule has 8 heteroatoms. The molecule has 1 N–H and O–H groups in total. The number of methoxy groups -OCH3 is 1. The van der Waals surface area contributed by atoms with Gasteiger partial charge in [0.05, 0.1) is 29.5 Å². The Hall–Kier alpha value is -1.77. The number of aromatic nitrogens is 2. The van der Waals surface area contributed by atoms with Gasteiger partial charge in [-0.15, -0.1) is 11.8 Å². The van der Waals surface area contributed by atoms with Gasteiger partial charge in [-0.3, -0.25) is 14.2 Å². The Morgan fingerprint density at radius 2 is 2.30 bits per heavy atom. The van der Waals surface area contributed by atoms with Gasteiger partial charge in [0.25, 0.3) is 5.56 Å². The van der Waals surface area contributed by atoms with E-state index in [-0.39, 0.29) is 17.2 Å². The predicted octanol–water partition coefficient (Wildman–Crippen LogP) is 2.97. The van der Waals surface area contributed by atoms with Crippen molar-refractivity contribution in [3.8, 4) is 0 Å². The number of thioether (sulfide) groups is 2. The molecule has 0 saturated carbocycles. The first-order valence-electron chi connectivity index (χ1n) is 8.76. The van der Waals surface area contributed by atoms with Crippen LogP contribution in [-0.2, 0) is 22.5 Å². The van der Waals surface area contributed by atoms with E-state index in [1.807, 2.05) is 31.2 Å². The number of hydrogen-bond acceptors (Lipinski definition) is 6. The van der Waals surface area contributed by atoms with E-state index in [0.29, 0.717) is 23.6 Å². The van der Waals surface area contributed by atoms with Crippen molar-refractivity contribution in [3.05, 3.63) is 45.9 Å². The molecule has 1 amide bonds. The number of rotatable bonds is 7. The fourth-order valence-corrected chi connectivity index (χ4v) is 4.83. The van der Waals surface area contributed by atoms with Gasteiger partial charge < -0.3 is 10.1 Å². The molecular formula is C19H23N3O3S2. The summed E-state index contributed by atoms with van der Waals surface area (Å²) in [6.45, 7) is 4.91. The van der Waals surface area contributed by atoms with Gasteiger partial charge in [0.2, 0.25) is 5.91 Å². The minimum atomic E-state index is -0.124. The number of carbonyl (C=O) groups excluding carboxylic acids is 1. The standard InChI is InChI=1S/C19H23N3O3S2/c1-12-5-4-6-14(9-12)20-16(23)11-26-19-21-15-10-13(2)27-17(15)18(24)22(19)7-8-25-3/h4-6,9,13H,7-8,10-11H2,1-3H3,(H,20,23)/t13-/m1/s1. The van der Waals surface area contributed by atoms with Gasteiger partial charge in [-0.1, -0.05) is 30.8 Å².